The molecule has 17 heavy (non-hydrogen) atoms. The molecule has 1 aromatic heterocycles. The summed E-state index contributed by atoms with van der Waals surface area (Å²) in [6.45, 7) is 5.35. The van der Waals surface area contributed by atoms with Gasteiger partial charge in [-0.05, 0) is 12.8 Å². The van der Waals surface area contributed by atoms with Gasteiger partial charge < -0.3 is 10.4 Å². The highest BCUT2D eigenvalue weighted by molar-refractivity contribution is 5.93. The van der Waals surface area contributed by atoms with Crippen LogP contribution in [0.15, 0.2) is 0 Å². The van der Waals surface area contributed by atoms with E-state index < -0.39 is 17.9 Å². The second-order valence-electron chi connectivity index (χ2n) is 4.18. The van der Waals surface area contributed by atoms with Crippen LogP contribution in [-0.4, -0.2) is 38.4 Å². The smallest absolute Gasteiger partial charge is 0.305 e. The Morgan fingerprint density at radius 3 is 2.47 bits per heavy atom. The quantitative estimate of drug-likeness (QED) is 0.687. The van der Waals surface area contributed by atoms with Gasteiger partial charge >= 0.3 is 5.97 Å². The molecule has 7 heteroatoms. The van der Waals surface area contributed by atoms with Crippen LogP contribution in [0.3, 0.4) is 0 Å². The number of aromatic amines is 1. The molecule has 1 heterocycles. The van der Waals surface area contributed by atoms with Crippen LogP contribution in [0.25, 0.3) is 0 Å². The number of nitrogens with zero attached hydrogens (tertiary/aromatic N) is 2. The van der Waals surface area contributed by atoms with E-state index in [4.69, 9.17) is 5.11 Å². The Morgan fingerprint density at radius 1 is 1.41 bits per heavy atom. The van der Waals surface area contributed by atoms with Gasteiger partial charge in [0, 0.05) is 6.04 Å². The van der Waals surface area contributed by atoms with E-state index in [9.17, 15) is 9.59 Å². The summed E-state index contributed by atoms with van der Waals surface area (Å²) in [5, 5.41) is 21.2. The summed E-state index contributed by atoms with van der Waals surface area (Å²) in [7, 11) is 0. The van der Waals surface area contributed by atoms with Crippen LogP contribution in [0.5, 0.6) is 0 Å². The van der Waals surface area contributed by atoms with Gasteiger partial charge in [0.05, 0.1) is 12.1 Å². The van der Waals surface area contributed by atoms with Crippen molar-refractivity contribution in [1.82, 2.24) is 20.7 Å². The van der Waals surface area contributed by atoms with E-state index in [1.165, 1.54) is 0 Å². The van der Waals surface area contributed by atoms with Crippen molar-refractivity contribution in [2.75, 3.05) is 0 Å². The van der Waals surface area contributed by atoms with Crippen LogP contribution in [0.4, 0.5) is 0 Å². The zero-order chi connectivity index (χ0) is 13.0. The molecule has 0 saturated carbocycles. The van der Waals surface area contributed by atoms with Crippen LogP contribution < -0.4 is 5.32 Å². The van der Waals surface area contributed by atoms with Crippen molar-refractivity contribution in [1.29, 1.82) is 0 Å². The van der Waals surface area contributed by atoms with Crippen molar-refractivity contribution in [2.45, 2.75) is 33.2 Å². The summed E-state index contributed by atoms with van der Waals surface area (Å²) >= 11 is 0. The first kappa shape index (κ1) is 13.1. The highest BCUT2D eigenvalue weighted by Crippen LogP contribution is 2.08. The fourth-order valence-corrected chi connectivity index (χ4v) is 1.38. The summed E-state index contributed by atoms with van der Waals surface area (Å²) in [6, 6.07) is -0.420. The highest BCUT2D eigenvalue weighted by atomic mass is 16.4. The number of carbonyl (C=O) groups is 2. The van der Waals surface area contributed by atoms with Crippen LogP contribution in [0.2, 0.25) is 0 Å². The van der Waals surface area contributed by atoms with Crippen LogP contribution in [0, 0.1) is 12.8 Å². The van der Waals surface area contributed by atoms with Gasteiger partial charge in [-0.2, -0.15) is 15.4 Å². The van der Waals surface area contributed by atoms with Crippen molar-refractivity contribution in [3.05, 3.63) is 11.4 Å². The Morgan fingerprint density at radius 2 is 2.06 bits per heavy atom. The second kappa shape index (κ2) is 5.42. The summed E-state index contributed by atoms with van der Waals surface area (Å²) in [6.07, 6.45) is -0.111. The van der Waals surface area contributed by atoms with E-state index in [-0.39, 0.29) is 18.0 Å². The lowest BCUT2D eigenvalue weighted by Gasteiger charge is -2.19. The minimum Gasteiger partial charge on any atom is -0.481 e. The maximum Gasteiger partial charge on any atom is 0.305 e. The van der Waals surface area contributed by atoms with Crippen molar-refractivity contribution < 1.29 is 14.7 Å². The standard InChI is InChI=1S/C10H16N4O3/c1-5(2)7(4-8(15)16)11-10(17)9-6(3)12-14-13-9/h5,7H,4H2,1-3H3,(H,11,17)(H,15,16)(H,12,13,14)/t7-/m0/s1. The molecule has 1 atom stereocenters. The minimum atomic E-state index is -0.944. The maximum atomic E-state index is 11.8. The zero-order valence-electron chi connectivity index (χ0n) is 10.0. The maximum absolute atomic E-state index is 11.8. The van der Waals surface area contributed by atoms with Gasteiger partial charge in [0.1, 0.15) is 0 Å². The number of H-pyrrole nitrogens is 1. The Labute approximate surface area is 98.6 Å². The normalized spacial score (nSPS) is 12.5. The molecule has 1 aromatic rings. The monoisotopic (exact) mass is 240 g/mol. The van der Waals surface area contributed by atoms with Gasteiger partial charge in [-0.3, -0.25) is 9.59 Å². The average Bonchev–Trinajstić information content (AvgIpc) is 2.62. The average molecular weight is 240 g/mol. The van der Waals surface area contributed by atoms with Gasteiger partial charge in [0.25, 0.3) is 5.91 Å². The third kappa shape index (κ3) is 3.54. The first-order valence-electron chi connectivity index (χ1n) is 5.31. The Kier molecular flexibility index (Phi) is 4.19. The molecule has 0 fully saturated rings. The SMILES string of the molecule is Cc1n[nH]nc1C(=O)N[C@@H](CC(=O)O)C(C)C. The molecule has 0 aromatic carbocycles. The number of hydrogen-bond donors (Lipinski definition) is 3. The number of aromatic nitrogens is 3. The van der Waals surface area contributed by atoms with E-state index in [1.807, 2.05) is 13.8 Å². The molecule has 3 N–H and O–H groups in total. The molecule has 7 nitrogen and oxygen atoms in total. The van der Waals surface area contributed by atoms with Gasteiger partial charge in [-0.15, -0.1) is 0 Å². The molecular formula is C10H16N4O3. The number of amides is 1. The number of nitrogens with one attached hydrogen (secondary N) is 2. The van der Waals surface area contributed by atoms with Crippen molar-refractivity contribution in [2.24, 2.45) is 5.92 Å². The van der Waals surface area contributed by atoms with Crippen LogP contribution >= 0.6 is 0 Å². The predicted molar refractivity (Wildman–Crippen MR) is 59.5 cm³/mol. The van der Waals surface area contributed by atoms with Crippen molar-refractivity contribution in [3.63, 3.8) is 0 Å². The topological polar surface area (TPSA) is 108 Å². The molecule has 0 bridgehead atoms. The van der Waals surface area contributed by atoms with Gasteiger partial charge in [0.2, 0.25) is 0 Å². The zero-order valence-corrected chi connectivity index (χ0v) is 10.0. The van der Waals surface area contributed by atoms with Gasteiger partial charge in [-0.25, -0.2) is 0 Å². The van der Waals surface area contributed by atoms with E-state index >= 15 is 0 Å². The van der Waals surface area contributed by atoms with Crippen molar-refractivity contribution >= 4 is 11.9 Å². The predicted octanol–water partition coefficient (Wildman–Crippen LogP) is 0.342. The molecule has 1 amide bonds. The summed E-state index contributed by atoms with van der Waals surface area (Å²) in [5.41, 5.74) is 0.682. The number of carboxylic acid groups (broad SMARTS) is 1. The van der Waals surface area contributed by atoms with Crippen molar-refractivity contribution in [3.8, 4) is 0 Å². The molecule has 0 aliphatic rings. The molecule has 94 valence electrons. The molecule has 0 saturated heterocycles. The number of carboxylic acids is 1. The fourth-order valence-electron chi connectivity index (χ4n) is 1.38. The fraction of sp³-hybridized carbons (Fsp3) is 0.600. The minimum absolute atomic E-state index is 0.0299. The number of aliphatic carboxylic acids is 1. The van der Waals surface area contributed by atoms with Crippen LogP contribution in [-0.2, 0) is 4.79 Å². The number of rotatable bonds is 5. The Balaban J connectivity index is 2.71. The molecule has 0 aliphatic heterocycles. The van der Waals surface area contributed by atoms with Crippen LogP contribution in [0.1, 0.15) is 36.5 Å². The second-order valence-corrected chi connectivity index (χ2v) is 4.18. The molecular weight excluding hydrogens is 224 g/mol. The molecule has 0 unspecified atom stereocenters. The third-order valence-corrected chi connectivity index (χ3v) is 2.45. The molecule has 0 radical (unpaired) electrons. The third-order valence-electron chi connectivity index (χ3n) is 2.45. The first-order valence-corrected chi connectivity index (χ1v) is 5.31. The summed E-state index contributed by atoms with van der Waals surface area (Å²) in [4.78, 5) is 22.5. The summed E-state index contributed by atoms with van der Waals surface area (Å²) < 4.78 is 0. The lowest BCUT2D eigenvalue weighted by Crippen LogP contribution is -2.40. The van der Waals surface area contributed by atoms with E-state index in [0.29, 0.717) is 5.69 Å². The molecule has 0 spiro atoms. The Bertz CT molecular complexity index is 413. The molecule has 1 rings (SSSR count). The van der Waals surface area contributed by atoms with E-state index in [1.54, 1.807) is 6.92 Å². The summed E-state index contributed by atoms with van der Waals surface area (Å²) in [5.74, 6) is -1.32. The molecule has 0 aliphatic carbocycles. The lowest BCUT2D eigenvalue weighted by molar-refractivity contribution is -0.137. The first-order chi connectivity index (χ1) is 7.91. The number of carbonyl (C=O) groups excluding carboxylic acids is 1. The number of aryl methyl sites for hydroxylation is 1. The lowest BCUT2D eigenvalue weighted by atomic mass is 10.0. The van der Waals surface area contributed by atoms with Gasteiger partial charge in [0.15, 0.2) is 5.69 Å². The Hall–Kier alpha value is -1.92. The van der Waals surface area contributed by atoms with E-state index in [2.05, 4.69) is 20.7 Å². The van der Waals surface area contributed by atoms with Gasteiger partial charge in [-0.1, -0.05) is 13.8 Å². The number of hydrogen-bond acceptors (Lipinski definition) is 4. The van der Waals surface area contributed by atoms with E-state index in [0.717, 1.165) is 0 Å². The largest absolute Gasteiger partial charge is 0.481 e. The highest BCUT2D eigenvalue weighted by Gasteiger charge is 2.22.